The maximum absolute atomic E-state index is 13.8. The zero-order valence-corrected chi connectivity index (χ0v) is 20.0. The Kier molecular flexibility index (Phi) is 6.05. The topological polar surface area (TPSA) is 71.1 Å². The van der Waals surface area contributed by atoms with Gasteiger partial charge in [-0.2, -0.15) is 0 Å². The summed E-state index contributed by atoms with van der Waals surface area (Å²) in [5.74, 6) is 1.35. The molecule has 1 N–H and O–H groups in total. The van der Waals surface area contributed by atoms with Gasteiger partial charge in [-0.05, 0) is 67.9 Å². The van der Waals surface area contributed by atoms with Crippen LogP contribution < -0.4 is 4.74 Å². The number of ether oxygens (including phenoxy) is 1. The number of fused-ring (bicyclic) bond motifs is 1. The van der Waals surface area contributed by atoms with E-state index in [-0.39, 0.29) is 5.91 Å². The number of aromatic nitrogens is 3. The highest BCUT2D eigenvalue weighted by Crippen LogP contribution is 2.32. The van der Waals surface area contributed by atoms with Gasteiger partial charge < -0.3 is 14.6 Å². The van der Waals surface area contributed by atoms with Crippen molar-refractivity contribution in [1.29, 1.82) is 0 Å². The second-order valence-electron chi connectivity index (χ2n) is 9.19. The van der Waals surface area contributed by atoms with Gasteiger partial charge in [-0.15, -0.1) is 0 Å². The monoisotopic (exact) mass is 454 g/mol. The number of carbonyl (C=O) groups excluding carboxylic acids is 1. The average molecular weight is 455 g/mol. The minimum absolute atomic E-state index is 0.0503. The first kappa shape index (κ1) is 22.1. The first-order chi connectivity index (χ1) is 16.5. The van der Waals surface area contributed by atoms with Gasteiger partial charge in [0.25, 0.3) is 5.91 Å². The second kappa shape index (κ2) is 9.29. The highest BCUT2D eigenvalue weighted by Gasteiger charge is 2.29. The third kappa shape index (κ3) is 4.40. The summed E-state index contributed by atoms with van der Waals surface area (Å²) in [5, 5.41) is 1.13. The zero-order chi connectivity index (χ0) is 23.7. The van der Waals surface area contributed by atoms with Crippen molar-refractivity contribution in [3.05, 3.63) is 77.4 Å². The number of amides is 1. The fraction of sp³-hybridized carbons (Fsp3) is 0.321. The number of hydrogen-bond donors (Lipinski definition) is 1. The van der Waals surface area contributed by atoms with Gasteiger partial charge in [-0.25, -0.2) is 4.98 Å². The van der Waals surface area contributed by atoms with Crippen molar-refractivity contribution in [1.82, 2.24) is 19.9 Å². The summed E-state index contributed by atoms with van der Waals surface area (Å²) in [6.45, 7) is 5.54. The van der Waals surface area contributed by atoms with E-state index < -0.39 is 0 Å². The molecule has 0 radical (unpaired) electrons. The molecule has 2 heterocycles. The van der Waals surface area contributed by atoms with E-state index >= 15 is 0 Å². The number of benzene rings is 2. The number of H-pyrrole nitrogens is 1. The summed E-state index contributed by atoms with van der Waals surface area (Å²) in [5.41, 5.74) is 6.55. The van der Waals surface area contributed by atoms with Gasteiger partial charge in [0.2, 0.25) is 0 Å². The van der Waals surface area contributed by atoms with Crippen LogP contribution in [-0.2, 0) is 6.42 Å². The fourth-order valence-electron chi connectivity index (χ4n) is 4.45. The molecular formula is C28H30N4O2. The van der Waals surface area contributed by atoms with Crippen LogP contribution in [0.15, 0.2) is 55.0 Å². The van der Waals surface area contributed by atoms with Crippen LogP contribution in [0.2, 0.25) is 0 Å². The van der Waals surface area contributed by atoms with Gasteiger partial charge >= 0.3 is 0 Å². The maximum Gasteiger partial charge on any atom is 0.274 e. The molecule has 6 nitrogen and oxygen atoms in total. The van der Waals surface area contributed by atoms with Crippen LogP contribution in [-0.4, -0.2) is 46.0 Å². The fourth-order valence-corrected chi connectivity index (χ4v) is 4.45. The molecule has 0 aliphatic heterocycles. The van der Waals surface area contributed by atoms with E-state index in [9.17, 15) is 4.79 Å². The zero-order valence-electron chi connectivity index (χ0n) is 20.0. The Hall–Kier alpha value is -3.67. The molecule has 0 spiro atoms. The van der Waals surface area contributed by atoms with Gasteiger partial charge in [0, 0.05) is 42.6 Å². The molecule has 1 amide bonds. The molecule has 1 aliphatic rings. The number of carbonyl (C=O) groups is 1. The lowest BCUT2D eigenvalue weighted by Gasteiger charge is -2.23. The highest BCUT2D eigenvalue weighted by molar-refractivity contribution is 5.98. The number of aryl methyl sites for hydroxylation is 2. The number of para-hydroxylation sites is 1. The van der Waals surface area contributed by atoms with Crippen LogP contribution in [0, 0.1) is 19.8 Å². The van der Waals surface area contributed by atoms with Crippen molar-refractivity contribution in [3.8, 4) is 17.0 Å². The number of methoxy groups -OCH3 is 1. The Morgan fingerprint density at radius 1 is 1.12 bits per heavy atom. The number of rotatable bonds is 8. The third-order valence-electron chi connectivity index (χ3n) is 6.78. The number of nitrogens with one attached hydrogen (secondary N) is 1. The summed E-state index contributed by atoms with van der Waals surface area (Å²) in [6, 6.07) is 12.2. The molecule has 174 valence electrons. The van der Waals surface area contributed by atoms with E-state index in [2.05, 4.69) is 47.0 Å². The first-order valence-corrected chi connectivity index (χ1v) is 11.9. The molecule has 1 aliphatic carbocycles. The molecule has 5 rings (SSSR count). The van der Waals surface area contributed by atoms with Crippen molar-refractivity contribution < 1.29 is 9.53 Å². The normalized spacial score (nSPS) is 13.3. The van der Waals surface area contributed by atoms with Gasteiger partial charge in [0.1, 0.15) is 11.4 Å². The largest absolute Gasteiger partial charge is 0.495 e. The molecule has 0 atom stereocenters. The minimum Gasteiger partial charge on any atom is -0.495 e. The van der Waals surface area contributed by atoms with Crippen LogP contribution in [0.25, 0.3) is 22.2 Å². The number of aromatic amines is 1. The van der Waals surface area contributed by atoms with Crippen molar-refractivity contribution in [2.24, 2.45) is 5.92 Å². The summed E-state index contributed by atoms with van der Waals surface area (Å²) < 4.78 is 5.48. The van der Waals surface area contributed by atoms with Gasteiger partial charge in [-0.3, -0.25) is 9.78 Å². The van der Waals surface area contributed by atoms with Crippen LogP contribution in [0.3, 0.4) is 0 Å². The molecular weight excluding hydrogens is 424 g/mol. The SMILES string of the molecule is COc1cccc2c(CCN(CC3CC3)C(=O)c3nccnc3-c3ccc(C)c(C)c3)c[nH]c12. The second-order valence-corrected chi connectivity index (χ2v) is 9.19. The smallest absolute Gasteiger partial charge is 0.274 e. The summed E-state index contributed by atoms with van der Waals surface area (Å²) in [4.78, 5) is 28.1. The van der Waals surface area contributed by atoms with Gasteiger partial charge in [-0.1, -0.05) is 24.3 Å². The summed E-state index contributed by atoms with van der Waals surface area (Å²) in [6.07, 6.45) is 8.41. The summed E-state index contributed by atoms with van der Waals surface area (Å²) >= 11 is 0. The lowest BCUT2D eigenvalue weighted by molar-refractivity contribution is 0.0744. The molecule has 1 fully saturated rings. The van der Waals surface area contributed by atoms with E-state index in [0.717, 1.165) is 35.2 Å². The first-order valence-electron chi connectivity index (χ1n) is 11.9. The van der Waals surface area contributed by atoms with Crippen molar-refractivity contribution in [2.45, 2.75) is 33.1 Å². The predicted octanol–water partition coefficient (Wildman–Crippen LogP) is 5.35. The maximum atomic E-state index is 13.8. The Labute approximate surface area is 200 Å². The van der Waals surface area contributed by atoms with E-state index in [0.29, 0.717) is 23.9 Å². The highest BCUT2D eigenvalue weighted by atomic mass is 16.5. The van der Waals surface area contributed by atoms with E-state index in [1.807, 2.05) is 29.3 Å². The van der Waals surface area contributed by atoms with E-state index in [1.54, 1.807) is 19.5 Å². The predicted molar refractivity (Wildman–Crippen MR) is 134 cm³/mol. The van der Waals surface area contributed by atoms with E-state index in [1.165, 1.54) is 29.5 Å². The van der Waals surface area contributed by atoms with Crippen LogP contribution in [0.4, 0.5) is 0 Å². The summed E-state index contributed by atoms with van der Waals surface area (Å²) in [7, 11) is 1.68. The lowest BCUT2D eigenvalue weighted by Crippen LogP contribution is -2.35. The van der Waals surface area contributed by atoms with Crippen LogP contribution >= 0.6 is 0 Å². The van der Waals surface area contributed by atoms with Crippen molar-refractivity contribution in [3.63, 3.8) is 0 Å². The standard InChI is InChI=1S/C28H30N4O2/c1-18-7-10-21(15-19(18)2)25-27(30-13-12-29-25)28(33)32(17-20-8-9-20)14-11-22-16-31-26-23(22)5-4-6-24(26)34-3/h4-7,10,12-13,15-16,20,31H,8-9,11,14,17H2,1-3H3. The van der Waals surface area contributed by atoms with Crippen molar-refractivity contribution >= 4 is 16.8 Å². The molecule has 6 heteroatoms. The van der Waals surface area contributed by atoms with Crippen LogP contribution in [0.1, 0.15) is 40.0 Å². The molecule has 2 aromatic carbocycles. The van der Waals surface area contributed by atoms with Crippen molar-refractivity contribution in [2.75, 3.05) is 20.2 Å². The lowest BCUT2D eigenvalue weighted by atomic mass is 10.0. The Morgan fingerprint density at radius 2 is 1.94 bits per heavy atom. The molecule has 0 unspecified atom stereocenters. The molecule has 4 aromatic rings. The number of hydrogen-bond acceptors (Lipinski definition) is 4. The molecule has 0 bridgehead atoms. The van der Waals surface area contributed by atoms with Crippen LogP contribution in [0.5, 0.6) is 5.75 Å². The van der Waals surface area contributed by atoms with Gasteiger partial charge in [0.15, 0.2) is 5.69 Å². The average Bonchev–Trinajstić information content (AvgIpc) is 3.59. The molecule has 1 saturated carbocycles. The number of nitrogens with zero attached hydrogens (tertiary/aromatic N) is 3. The minimum atomic E-state index is -0.0503. The van der Waals surface area contributed by atoms with E-state index in [4.69, 9.17) is 4.74 Å². The molecule has 2 aromatic heterocycles. The molecule has 34 heavy (non-hydrogen) atoms. The Bertz CT molecular complexity index is 1340. The Balaban J connectivity index is 1.42. The molecule has 0 saturated heterocycles. The third-order valence-corrected chi connectivity index (χ3v) is 6.78. The quantitative estimate of drug-likeness (QED) is 0.390. The van der Waals surface area contributed by atoms with Gasteiger partial charge in [0.05, 0.1) is 12.6 Å². The Morgan fingerprint density at radius 3 is 2.71 bits per heavy atom.